The highest BCUT2D eigenvalue weighted by molar-refractivity contribution is 5.21. The third-order valence-electron chi connectivity index (χ3n) is 2.71. The summed E-state index contributed by atoms with van der Waals surface area (Å²) in [6.07, 6.45) is 1.41. The van der Waals surface area contributed by atoms with Crippen molar-refractivity contribution in [2.75, 3.05) is 6.61 Å². The van der Waals surface area contributed by atoms with Crippen molar-refractivity contribution in [1.82, 2.24) is 0 Å². The third-order valence-corrected chi connectivity index (χ3v) is 2.71. The number of hydrogen-bond acceptors (Lipinski definition) is 2. The molecule has 2 nitrogen and oxygen atoms in total. The van der Waals surface area contributed by atoms with E-state index in [4.69, 9.17) is 9.47 Å². The molecule has 1 aromatic carbocycles. The molecule has 1 aromatic rings. The maximum absolute atomic E-state index is 5.64. The minimum Gasteiger partial charge on any atom is -0.377 e. The summed E-state index contributed by atoms with van der Waals surface area (Å²) in [7, 11) is 0. The average Bonchev–Trinajstić information content (AvgIpc) is 2.33. The molecule has 0 aliphatic heterocycles. The van der Waals surface area contributed by atoms with Crippen LogP contribution in [0.1, 0.15) is 45.2 Å². The summed E-state index contributed by atoms with van der Waals surface area (Å²) in [5, 5.41) is 0. The van der Waals surface area contributed by atoms with Gasteiger partial charge in [-0.05, 0) is 37.3 Å². The van der Waals surface area contributed by atoms with E-state index in [1.807, 2.05) is 0 Å². The van der Waals surface area contributed by atoms with Crippen LogP contribution in [0.15, 0.2) is 24.3 Å². The molecule has 0 aliphatic rings. The first kappa shape index (κ1) is 15.2. The van der Waals surface area contributed by atoms with Crippen molar-refractivity contribution in [2.24, 2.45) is 5.92 Å². The Morgan fingerprint density at radius 2 is 1.44 bits per heavy atom. The second-order valence-electron chi connectivity index (χ2n) is 5.41. The zero-order valence-corrected chi connectivity index (χ0v) is 12.1. The molecule has 0 saturated heterocycles. The lowest BCUT2D eigenvalue weighted by Crippen LogP contribution is -2.02. The Balaban J connectivity index is 2.27. The lowest BCUT2D eigenvalue weighted by atomic mass is 10.1. The Bertz CT molecular complexity index is 314. The van der Waals surface area contributed by atoms with Crippen LogP contribution in [0, 0.1) is 5.92 Å². The van der Waals surface area contributed by atoms with Crippen molar-refractivity contribution >= 4 is 0 Å². The second kappa shape index (κ2) is 8.28. The third kappa shape index (κ3) is 6.77. The van der Waals surface area contributed by atoms with Crippen LogP contribution in [-0.4, -0.2) is 12.7 Å². The van der Waals surface area contributed by atoms with Crippen LogP contribution >= 0.6 is 0 Å². The summed E-state index contributed by atoms with van der Waals surface area (Å²) in [5.74, 6) is 0.709. The van der Waals surface area contributed by atoms with Gasteiger partial charge < -0.3 is 9.47 Å². The highest BCUT2D eigenvalue weighted by atomic mass is 16.5. The molecule has 0 aromatic heterocycles. The van der Waals surface area contributed by atoms with E-state index in [0.29, 0.717) is 19.1 Å². The van der Waals surface area contributed by atoms with Crippen LogP contribution < -0.4 is 0 Å². The smallest absolute Gasteiger partial charge is 0.0720 e. The van der Waals surface area contributed by atoms with Crippen molar-refractivity contribution in [3.8, 4) is 0 Å². The quantitative estimate of drug-likeness (QED) is 0.645. The number of hydrogen-bond donors (Lipinski definition) is 0. The molecule has 0 fully saturated rings. The van der Waals surface area contributed by atoms with Gasteiger partial charge in [0, 0.05) is 6.61 Å². The largest absolute Gasteiger partial charge is 0.377 e. The summed E-state index contributed by atoms with van der Waals surface area (Å²) >= 11 is 0. The van der Waals surface area contributed by atoms with Crippen LogP contribution in [-0.2, 0) is 22.7 Å². The fourth-order valence-corrected chi connectivity index (χ4v) is 1.50. The molecule has 0 heterocycles. The van der Waals surface area contributed by atoms with Crippen LogP contribution in [0.5, 0.6) is 0 Å². The van der Waals surface area contributed by atoms with Gasteiger partial charge >= 0.3 is 0 Å². The first-order chi connectivity index (χ1) is 8.58. The van der Waals surface area contributed by atoms with Crippen molar-refractivity contribution in [3.63, 3.8) is 0 Å². The molecule has 0 unspecified atom stereocenters. The van der Waals surface area contributed by atoms with Crippen LogP contribution in [0.4, 0.5) is 0 Å². The Kier molecular flexibility index (Phi) is 6.99. The van der Waals surface area contributed by atoms with Gasteiger partial charge in [-0.3, -0.25) is 0 Å². The normalized spacial score (nSPS) is 11.4. The van der Waals surface area contributed by atoms with Crippen molar-refractivity contribution in [3.05, 3.63) is 35.4 Å². The van der Waals surface area contributed by atoms with Crippen LogP contribution in [0.25, 0.3) is 0 Å². The molecule has 0 atom stereocenters. The second-order valence-corrected chi connectivity index (χ2v) is 5.41. The molecule has 0 spiro atoms. The fraction of sp³-hybridized carbons (Fsp3) is 0.625. The molecule has 102 valence electrons. The molecule has 18 heavy (non-hydrogen) atoms. The van der Waals surface area contributed by atoms with Gasteiger partial charge in [-0.25, -0.2) is 0 Å². The Morgan fingerprint density at radius 3 is 1.94 bits per heavy atom. The van der Waals surface area contributed by atoms with Crippen LogP contribution in [0.2, 0.25) is 0 Å². The maximum atomic E-state index is 5.64. The van der Waals surface area contributed by atoms with E-state index in [1.54, 1.807) is 0 Å². The predicted molar refractivity (Wildman–Crippen MR) is 75.5 cm³/mol. The van der Waals surface area contributed by atoms with Gasteiger partial charge in [0.1, 0.15) is 0 Å². The highest BCUT2D eigenvalue weighted by Gasteiger charge is 1.98. The number of benzene rings is 1. The lowest BCUT2D eigenvalue weighted by Gasteiger charge is -2.09. The standard InChI is InChI=1S/C16H26O2/c1-13(2)9-10-17-11-15-5-7-16(8-6-15)12-18-14(3)4/h5-8,13-14H,9-12H2,1-4H3. The van der Waals surface area contributed by atoms with E-state index in [-0.39, 0.29) is 6.10 Å². The molecule has 0 amide bonds. The number of ether oxygens (including phenoxy) is 2. The van der Waals surface area contributed by atoms with Gasteiger partial charge in [-0.2, -0.15) is 0 Å². The molecule has 0 aliphatic carbocycles. The van der Waals surface area contributed by atoms with Crippen molar-refractivity contribution in [2.45, 2.75) is 53.4 Å². The molecular formula is C16H26O2. The molecule has 1 rings (SSSR count). The van der Waals surface area contributed by atoms with Gasteiger partial charge in [0.25, 0.3) is 0 Å². The SMILES string of the molecule is CC(C)CCOCc1ccc(COC(C)C)cc1. The van der Waals surface area contributed by atoms with Gasteiger partial charge in [0.2, 0.25) is 0 Å². The zero-order valence-electron chi connectivity index (χ0n) is 12.1. The minimum absolute atomic E-state index is 0.282. The van der Waals surface area contributed by atoms with Crippen molar-refractivity contribution in [1.29, 1.82) is 0 Å². The summed E-state index contributed by atoms with van der Waals surface area (Å²) in [4.78, 5) is 0. The van der Waals surface area contributed by atoms with E-state index in [9.17, 15) is 0 Å². The first-order valence-electron chi connectivity index (χ1n) is 6.85. The molecule has 0 saturated carbocycles. The van der Waals surface area contributed by atoms with Gasteiger partial charge in [-0.1, -0.05) is 38.1 Å². The Labute approximate surface area is 111 Å². The van der Waals surface area contributed by atoms with E-state index in [1.165, 1.54) is 11.1 Å². The highest BCUT2D eigenvalue weighted by Crippen LogP contribution is 2.09. The maximum Gasteiger partial charge on any atom is 0.0720 e. The molecular weight excluding hydrogens is 224 g/mol. The monoisotopic (exact) mass is 250 g/mol. The fourth-order valence-electron chi connectivity index (χ4n) is 1.50. The van der Waals surface area contributed by atoms with Gasteiger partial charge in [-0.15, -0.1) is 0 Å². The zero-order chi connectivity index (χ0) is 13.4. The molecule has 0 bridgehead atoms. The Hall–Kier alpha value is -0.860. The minimum atomic E-state index is 0.282. The molecule has 0 N–H and O–H groups in total. The van der Waals surface area contributed by atoms with E-state index in [0.717, 1.165) is 13.0 Å². The van der Waals surface area contributed by atoms with Crippen molar-refractivity contribution < 1.29 is 9.47 Å². The summed E-state index contributed by atoms with van der Waals surface area (Å²) in [6.45, 7) is 10.8. The first-order valence-corrected chi connectivity index (χ1v) is 6.85. The van der Waals surface area contributed by atoms with E-state index in [2.05, 4.69) is 52.0 Å². The predicted octanol–water partition coefficient (Wildman–Crippen LogP) is 4.17. The summed E-state index contributed by atoms with van der Waals surface area (Å²) in [6, 6.07) is 8.47. The average molecular weight is 250 g/mol. The van der Waals surface area contributed by atoms with Gasteiger partial charge in [0.05, 0.1) is 19.3 Å². The topological polar surface area (TPSA) is 18.5 Å². The Morgan fingerprint density at radius 1 is 0.889 bits per heavy atom. The lowest BCUT2D eigenvalue weighted by molar-refractivity contribution is 0.0656. The van der Waals surface area contributed by atoms with E-state index < -0.39 is 0 Å². The summed E-state index contributed by atoms with van der Waals surface area (Å²) in [5.41, 5.74) is 2.45. The summed E-state index contributed by atoms with van der Waals surface area (Å²) < 4.78 is 11.2. The number of rotatable bonds is 8. The van der Waals surface area contributed by atoms with Crippen LogP contribution in [0.3, 0.4) is 0 Å². The van der Waals surface area contributed by atoms with Gasteiger partial charge in [0.15, 0.2) is 0 Å². The van der Waals surface area contributed by atoms with E-state index >= 15 is 0 Å². The molecule has 2 heteroatoms. The molecule has 0 radical (unpaired) electrons.